The number of morpholine rings is 1. The van der Waals surface area contributed by atoms with Crippen molar-refractivity contribution in [2.75, 3.05) is 53.1 Å². The second-order valence-corrected chi connectivity index (χ2v) is 5.99. The molecule has 0 atom stereocenters. The summed E-state index contributed by atoms with van der Waals surface area (Å²) >= 11 is 0. The SMILES string of the molecule is C=CC(=O)OCCC[N+]1(C)CCOCC1.CCOS(=O)(=O)[O-]. The van der Waals surface area contributed by atoms with Crippen LogP contribution in [0.4, 0.5) is 0 Å². The fourth-order valence-corrected chi connectivity index (χ4v) is 2.12. The summed E-state index contributed by atoms with van der Waals surface area (Å²) in [6, 6.07) is 0. The highest BCUT2D eigenvalue weighted by atomic mass is 32.3. The zero-order valence-electron chi connectivity index (χ0n) is 13.2. The van der Waals surface area contributed by atoms with Gasteiger partial charge in [-0.1, -0.05) is 6.58 Å². The van der Waals surface area contributed by atoms with E-state index < -0.39 is 10.4 Å². The van der Waals surface area contributed by atoms with Crippen LogP contribution in [-0.2, 0) is 28.9 Å². The van der Waals surface area contributed by atoms with E-state index in [4.69, 9.17) is 9.47 Å². The predicted octanol–water partition coefficient (Wildman–Crippen LogP) is 0.0656. The van der Waals surface area contributed by atoms with E-state index in [0.717, 1.165) is 43.8 Å². The summed E-state index contributed by atoms with van der Waals surface area (Å²) in [6.45, 7) is 9.98. The van der Waals surface area contributed by atoms with Crippen molar-refractivity contribution >= 4 is 16.4 Å². The monoisotopic (exact) mass is 339 g/mol. The molecule has 0 N–H and O–H groups in total. The molecule has 0 bridgehead atoms. The van der Waals surface area contributed by atoms with Crippen LogP contribution in [0.15, 0.2) is 12.7 Å². The van der Waals surface area contributed by atoms with Crippen LogP contribution in [0.5, 0.6) is 0 Å². The Hall–Kier alpha value is -1.00. The minimum absolute atomic E-state index is 0.0914. The lowest BCUT2D eigenvalue weighted by atomic mass is 10.3. The molecule has 0 radical (unpaired) electrons. The number of carbonyl (C=O) groups is 1. The van der Waals surface area contributed by atoms with Gasteiger partial charge in [0.05, 0.1) is 40.0 Å². The van der Waals surface area contributed by atoms with Crippen LogP contribution in [0.1, 0.15) is 13.3 Å². The standard InChI is InChI=1S/C11H20NO3.C2H6O4S/c1-3-11(13)15-8-4-5-12(2)6-9-14-10-7-12;1-2-6-7(3,4)5/h3H,1,4-10H2,2H3;2H2,1H3,(H,3,4,5)/q+1;/p-1. The maximum absolute atomic E-state index is 10.8. The Morgan fingerprint density at radius 2 is 2.00 bits per heavy atom. The molecule has 8 nitrogen and oxygen atoms in total. The van der Waals surface area contributed by atoms with Gasteiger partial charge in [0.25, 0.3) is 0 Å². The molecule has 0 unspecified atom stereocenters. The Balaban J connectivity index is 0.000000534. The molecule has 0 aliphatic carbocycles. The molecule has 0 aromatic rings. The molecular weight excluding hydrogens is 314 g/mol. The summed E-state index contributed by atoms with van der Waals surface area (Å²) in [7, 11) is -2.20. The zero-order chi connectivity index (χ0) is 17.1. The van der Waals surface area contributed by atoms with Crippen LogP contribution in [0.2, 0.25) is 0 Å². The highest BCUT2D eigenvalue weighted by molar-refractivity contribution is 7.80. The van der Waals surface area contributed by atoms with Crippen molar-refractivity contribution in [3.8, 4) is 0 Å². The third kappa shape index (κ3) is 11.6. The van der Waals surface area contributed by atoms with Crippen molar-refractivity contribution in [2.24, 2.45) is 0 Å². The Labute approximate surface area is 132 Å². The van der Waals surface area contributed by atoms with Gasteiger partial charge in [-0.3, -0.25) is 4.18 Å². The van der Waals surface area contributed by atoms with Crippen LogP contribution in [0, 0.1) is 0 Å². The number of quaternary nitrogens is 1. The van der Waals surface area contributed by atoms with Crippen LogP contribution >= 0.6 is 0 Å². The molecule has 0 amide bonds. The molecule has 1 fully saturated rings. The van der Waals surface area contributed by atoms with Gasteiger partial charge in [-0.05, 0) is 6.92 Å². The summed E-state index contributed by atoms with van der Waals surface area (Å²) in [5.74, 6) is -0.334. The summed E-state index contributed by atoms with van der Waals surface area (Å²) in [5.41, 5.74) is 0. The van der Waals surface area contributed by atoms with Gasteiger partial charge >= 0.3 is 5.97 Å². The second kappa shape index (κ2) is 10.7. The minimum atomic E-state index is -4.42. The molecule has 0 aromatic heterocycles. The number of carbonyl (C=O) groups excluding carboxylic acids is 1. The summed E-state index contributed by atoms with van der Waals surface area (Å²) in [4.78, 5) is 10.8. The van der Waals surface area contributed by atoms with Crippen LogP contribution < -0.4 is 0 Å². The smallest absolute Gasteiger partial charge is 0.330 e. The van der Waals surface area contributed by atoms with E-state index in [-0.39, 0.29) is 12.6 Å². The average molecular weight is 339 g/mol. The normalized spacial score (nSPS) is 17.0. The summed E-state index contributed by atoms with van der Waals surface area (Å²) in [6.07, 6.45) is 2.10. The molecule has 9 heteroatoms. The lowest BCUT2D eigenvalue weighted by Crippen LogP contribution is -2.52. The molecular formula is C13H25NO7S. The fourth-order valence-electron chi connectivity index (χ4n) is 1.83. The van der Waals surface area contributed by atoms with Gasteiger partial charge in [0.1, 0.15) is 13.1 Å². The lowest BCUT2D eigenvalue weighted by Gasteiger charge is -2.37. The fraction of sp³-hybridized carbons (Fsp3) is 0.769. The van der Waals surface area contributed by atoms with E-state index in [1.807, 2.05) is 0 Å². The lowest BCUT2D eigenvalue weighted by molar-refractivity contribution is -0.917. The maximum atomic E-state index is 10.8. The Morgan fingerprint density at radius 3 is 2.41 bits per heavy atom. The number of likely N-dealkylation sites (N-methyl/N-ethyl adjacent to an activating group) is 1. The van der Waals surface area contributed by atoms with Gasteiger partial charge in [-0.25, -0.2) is 13.2 Å². The number of esters is 1. The summed E-state index contributed by atoms with van der Waals surface area (Å²) < 4.78 is 43.3. The first-order valence-electron chi connectivity index (χ1n) is 7.03. The largest absolute Gasteiger partial charge is 0.726 e. The molecule has 1 aliphatic rings. The Morgan fingerprint density at radius 1 is 1.41 bits per heavy atom. The van der Waals surface area contributed by atoms with E-state index in [1.54, 1.807) is 0 Å². The van der Waals surface area contributed by atoms with Gasteiger partial charge in [-0.2, -0.15) is 0 Å². The maximum Gasteiger partial charge on any atom is 0.330 e. The number of rotatable bonds is 7. The summed E-state index contributed by atoms with van der Waals surface area (Å²) in [5, 5.41) is 0. The van der Waals surface area contributed by atoms with Crippen LogP contribution in [0.3, 0.4) is 0 Å². The molecule has 1 aliphatic heterocycles. The Kier molecular flexibility index (Phi) is 10.2. The first kappa shape index (κ1) is 21.0. The van der Waals surface area contributed by atoms with Gasteiger partial charge in [0, 0.05) is 12.5 Å². The van der Waals surface area contributed by atoms with Crippen LogP contribution in [0.25, 0.3) is 0 Å². The van der Waals surface area contributed by atoms with Crippen molar-refractivity contribution in [3.05, 3.63) is 12.7 Å². The second-order valence-electron chi connectivity index (χ2n) is 4.94. The first-order valence-corrected chi connectivity index (χ1v) is 8.36. The number of hydrogen-bond acceptors (Lipinski definition) is 7. The van der Waals surface area contributed by atoms with Crippen molar-refractivity contribution in [1.29, 1.82) is 0 Å². The van der Waals surface area contributed by atoms with Gasteiger partial charge in [0.15, 0.2) is 0 Å². The third-order valence-corrected chi connectivity index (χ3v) is 3.59. The minimum Gasteiger partial charge on any atom is -0.726 e. The highest BCUT2D eigenvalue weighted by Crippen LogP contribution is 2.08. The van der Waals surface area contributed by atoms with E-state index in [1.165, 1.54) is 13.0 Å². The first-order chi connectivity index (χ1) is 10.2. The number of nitrogens with zero attached hydrogens (tertiary/aromatic N) is 1. The van der Waals surface area contributed by atoms with E-state index in [2.05, 4.69) is 17.8 Å². The van der Waals surface area contributed by atoms with Crippen molar-refractivity contribution in [2.45, 2.75) is 13.3 Å². The van der Waals surface area contributed by atoms with E-state index in [9.17, 15) is 17.8 Å². The van der Waals surface area contributed by atoms with Gasteiger partial charge in [-0.15, -0.1) is 0 Å². The molecule has 130 valence electrons. The molecule has 1 heterocycles. The van der Waals surface area contributed by atoms with Crippen molar-refractivity contribution in [3.63, 3.8) is 0 Å². The van der Waals surface area contributed by atoms with Crippen molar-refractivity contribution < 1.29 is 35.9 Å². The molecule has 1 saturated heterocycles. The van der Waals surface area contributed by atoms with Crippen molar-refractivity contribution in [1.82, 2.24) is 0 Å². The number of hydrogen-bond donors (Lipinski definition) is 0. The molecule has 0 saturated carbocycles. The van der Waals surface area contributed by atoms with Gasteiger partial charge in [0.2, 0.25) is 10.4 Å². The van der Waals surface area contributed by atoms with Gasteiger partial charge < -0.3 is 18.5 Å². The average Bonchev–Trinajstić information content (AvgIpc) is 2.43. The number of ether oxygens (including phenoxy) is 2. The highest BCUT2D eigenvalue weighted by Gasteiger charge is 2.24. The predicted molar refractivity (Wildman–Crippen MR) is 78.7 cm³/mol. The molecule has 0 aromatic carbocycles. The molecule has 0 spiro atoms. The topological polar surface area (TPSA) is 102 Å². The van der Waals surface area contributed by atoms with Crippen LogP contribution in [-0.4, -0.2) is 76.5 Å². The van der Waals surface area contributed by atoms with E-state index >= 15 is 0 Å². The molecule has 22 heavy (non-hydrogen) atoms. The quantitative estimate of drug-likeness (QED) is 0.161. The molecule has 1 rings (SSSR count). The zero-order valence-corrected chi connectivity index (χ0v) is 14.0. The van der Waals surface area contributed by atoms with E-state index in [0.29, 0.717) is 6.61 Å². The Bertz CT molecular complexity index is 430. The third-order valence-electron chi connectivity index (χ3n) is 3.07.